The highest BCUT2D eigenvalue weighted by atomic mass is 32.1. The van der Waals surface area contributed by atoms with Gasteiger partial charge in [-0.3, -0.25) is 14.5 Å². The second kappa shape index (κ2) is 9.32. The highest BCUT2D eigenvalue weighted by Crippen LogP contribution is 2.44. The quantitative estimate of drug-likeness (QED) is 0.360. The zero-order chi connectivity index (χ0) is 26.4. The number of halogens is 1. The van der Waals surface area contributed by atoms with Crippen molar-refractivity contribution in [1.29, 1.82) is 0 Å². The van der Waals surface area contributed by atoms with Crippen molar-refractivity contribution in [2.24, 2.45) is 0 Å². The zero-order valence-corrected chi connectivity index (χ0v) is 20.8. The van der Waals surface area contributed by atoms with Crippen molar-refractivity contribution in [2.45, 2.75) is 26.8 Å². The fourth-order valence-corrected chi connectivity index (χ4v) is 5.29. The Morgan fingerprint density at radius 3 is 2.70 bits per heavy atom. The van der Waals surface area contributed by atoms with Crippen molar-refractivity contribution in [1.82, 2.24) is 4.98 Å². The first-order chi connectivity index (χ1) is 17.7. The summed E-state index contributed by atoms with van der Waals surface area (Å²) in [6.07, 6.45) is 0. The van der Waals surface area contributed by atoms with Gasteiger partial charge in [0.2, 0.25) is 5.76 Å². The van der Waals surface area contributed by atoms with E-state index in [4.69, 9.17) is 13.9 Å². The summed E-state index contributed by atoms with van der Waals surface area (Å²) in [4.78, 5) is 45.7. The minimum absolute atomic E-state index is 0.0122. The van der Waals surface area contributed by atoms with Crippen molar-refractivity contribution < 1.29 is 33.0 Å². The number of benzene rings is 2. The number of amides is 1. The first kappa shape index (κ1) is 24.4. The van der Waals surface area contributed by atoms with E-state index in [1.54, 1.807) is 26.8 Å². The SMILES string of the molecule is CCOC(=O)c1sc(N2C(=O)c3oc4ccc(F)cc4c(=O)c3C2c2ccc(O)c(OCC)c2)nc1C. The number of rotatable bonds is 6. The third kappa shape index (κ3) is 4.01. The Balaban J connectivity index is 1.76. The van der Waals surface area contributed by atoms with E-state index >= 15 is 0 Å². The van der Waals surface area contributed by atoms with E-state index in [-0.39, 0.29) is 57.0 Å². The van der Waals surface area contributed by atoms with Crippen LogP contribution >= 0.6 is 11.3 Å². The Hall–Kier alpha value is -4.25. The van der Waals surface area contributed by atoms with Gasteiger partial charge >= 0.3 is 5.97 Å². The molecule has 1 amide bonds. The average Bonchev–Trinajstić information content (AvgIpc) is 3.39. The molecule has 2 aromatic carbocycles. The van der Waals surface area contributed by atoms with Gasteiger partial charge in [0.25, 0.3) is 5.91 Å². The highest BCUT2D eigenvalue weighted by Gasteiger charge is 2.45. The van der Waals surface area contributed by atoms with Crippen molar-refractivity contribution in [3.8, 4) is 11.5 Å². The van der Waals surface area contributed by atoms with Crippen LogP contribution in [-0.2, 0) is 4.74 Å². The number of hydrogen-bond donors (Lipinski definition) is 1. The predicted octanol–water partition coefficient (Wildman–Crippen LogP) is 4.73. The van der Waals surface area contributed by atoms with Crippen molar-refractivity contribution in [2.75, 3.05) is 18.1 Å². The largest absolute Gasteiger partial charge is 0.504 e. The van der Waals surface area contributed by atoms with Crippen LogP contribution in [0.25, 0.3) is 11.0 Å². The Bertz CT molecular complexity index is 1630. The van der Waals surface area contributed by atoms with E-state index in [2.05, 4.69) is 4.98 Å². The van der Waals surface area contributed by atoms with Gasteiger partial charge < -0.3 is 19.0 Å². The Kier molecular flexibility index (Phi) is 6.16. The number of carbonyl (C=O) groups excluding carboxylic acids is 2. The molecule has 4 aromatic rings. The summed E-state index contributed by atoms with van der Waals surface area (Å²) in [5, 5.41) is 10.3. The predicted molar refractivity (Wildman–Crippen MR) is 133 cm³/mol. The van der Waals surface area contributed by atoms with Crippen LogP contribution in [0.5, 0.6) is 11.5 Å². The Labute approximate surface area is 213 Å². The molecular weight excluding hydrogens is 503 g/mol. The molecule has 1 atom stereocenters. The standard InChI is InChI=1S/C26H21FN2O7S/c1-4-34-18-10-13(6-8-16(18)30)20-19-21(31)15-11-14(27)7-9-17(15)36-22(19)24(32)29(20)26-28-12(3)23(37-26)25(33)35-5-2/h6-11,20,30H,4-5H2,1-3H3. The van der Waals surface area contributed by atoms with Gasteiger partial charge in [-0.25, -0.2) is 14.2 Å². The van der Waals surface area contributed by atoms with Gasteiger partial charge in [-0.05, 0) is 56.7 Å². The maximum absolute atomic E-state index is 14.0. The lowest BCUT2D eigenvalue weighted by atomic mass is 9.98. The molecule has 1 unspecified atom stereocenters. The van der Waals surface area contributed by atoms with Gasteiger partial charge in [-0.1, -0.05) is 17.4 Å². The second-order valence-corrected chi connectivity index (χ2v) is 9.16. The molecule has 2 aromatic heterocycles. The molecule has 1 aliphatic rings. The molecule has 0 saturated heterocycles. The monoisotopic (exact) mass is 524 g/mol. The number of thiazole rings is 1. The summed E-state index contributed by atoms with van der Waals surface area (Å²) in [6.45, 7) is 5.47. The molecule has 0 aliphatic carbocycles. The van der Waals surface area contributed by atoms with Crippen molar-refractivity contribution in [3.63, 3.8) is 0 Å². The summed E-state index contributed by atoms with van der Waals surface area (Å²) in [6, 6.07) is 6.88. The Morgan fingerprint density at radius 1 is 1.19 bits per heavy atom. The van der Waals surface area contributed by atoms with Gasteiger partial charge in [-0.2, -0.15) is 0 Å². The molecule has 9 nitrogen and oxygen atoms in total. The van der Waals surface area contributed by atoms with Crippen LogP contribution in [0.4, 0.5) is 9.52 Å². The maximum Gasteiger partial charge on any atom is 0.350 e. The van der Waals surface area contributed by atoms with Crippen LogP contribution in [0.3, 0.4) is 0 Å². The number of ether oxygens (including phenoxy) is 2. The topological polar surface area (TPSA) is 119 Å². The third-order valence-electron chi connectivity index (χ3n) is 5.88. The lowest BCUT2D eigenvalue weighted by Crippen LogP contribution is -2.29. The van der Waals surface area contributed by atoms with E-state index in [0.29, 0.717) is 11.3 Å². The number of fused-ring (bicyclic) bond motifs is 2. The fourth-order valence-electron chi connectivity index (χ4n) is 4.30. The molecule has 0 bridgehead atoms. The molecule has 11 heteroatoms. The number of esters is 1. The zero-order valence-electron chi connectivity index (χ0n) is 20.0. The van der Waals surface area contributed by atoms with Gasteiger partial charge in [-0.15, -0.1) is 0 Å². The summed E-state index contributed by atoms with van der Waals surface area (Å²) >= 11 is 0.943. The number of phenols is 1. The molecule has 0 radical (unpaired) electrons. The summed E-state index contributed by atoms with van der Waals surface area (Å²) in [5.41, 5.74) is 0.237. The number of nitrogens with zero attached hydrogens (tertiary/aromatic N) is 2. The molecule has 5 rings (SSSR count). The molecule has 3 heterocycles. The Morgan fingerprint density at radius 2 is 1.97 bits per heavy atom. The van der Waals surface area contributed by atoms with Crippen molar-refractivity contribution >= 4 is 39.3 Å². The van der Waals surface area contributed by atoms with Crippen LogP contribution in [0.2, 0.25) is 0 Å². The number of aromatic hydroxyl groups is 1. The molecule has 1 N–H and O–H groups in total. The first-order valence-electron chi connectivity index (χ1n) is 11.4. The van der Waals surface area contributed by atoms with Crippen molar-refractivity contribution in [3.05, 3.63) is 79.9 Å². The van der Waals surface area contributed by atoms with E-state index in [9.17, 15) is 23.9 Å². The summed E-state index contributed by atoms with van der Waals surface area (Å²) in [7, 11) is 0. The third-order valence-corrected chi connectivity index (χ3v) is 7.02. The van der Waals surface area contributed by atoms with Gasteiger partial charge in [0.15, 0.2) is 22.1 Å². The first-order valence-corrected chi connectivity index (χ1v) is 12.3. The molecule has 0 saturated carbocycles. The average molecular weight is 525 g/mol. The molecule has 190 valence electrons. The van der Waals surface area contributed by atoms with Crippen LogP contribution in [-0.4, -0.2) is 35.2 Å². The molecule has 0 spiro atoms. The van der Waals surface area contributed by atoms with E-state index in [1.807, 2.05) is 0 Å². The molecular formula is C26H21FN2O7S. The van der Waals surface area contributed by atoms with Crippen LogP contribution in [0.1, 0.15) is 56.9 Å². The lowest BCUT2D eigenvalue weighted by Gasteiger charge is -2.23. The molecule has 37 heavy (non-hydrogen) atoms. The number of aromatic nitrogens is 1. The number of carbonyl (C=O) groups is 2. The van der Waals surface area contributed by atoms with Crippen LogP contribution in [0, 0.1) is 12.7 Å². The number of phenolic OH excluding ortho intramolecular Hbond substituents is 1. The number of aryl methyl sites for hydroxylation is 1. The minimum Gasteiger partial charge on any atom is -0.504 e. The van der Waals surface area contributed by atoms with Gasteiger partial charge in [0.05, 0.1) is 35.9 Å². The van der Waals surface area contributed by atoms with Crippen LogP contribution in [0.15, 0.2) is 45.6 Å². The lowest BCUT2D eigenvalue weighted by molar-refractivity contribution is 0.0531. The minimum atomic E-state index is -1.05. The van der Waals surface area contributed by atoms with Crippen LogP contribution < -0.4 is 15.1 Å². The van der Waals surface area contributed by atoms with E-state index in [1.165, 1.54) is 23.1 Å². The highest BCUT2D eigenvalue weighted by molar-refractivity contribution is 7.17. The summed E-state index contributed by atoms with van der Waals surface area (Å²) in [5.74, 6) is -2.05. The van der Waals surface area contributed by atoms with E-state index < -0.39 is 29.2 Å². The second-order valence-electron chi connectivity index (χ2n) is 8.18. The molecule has 0 fully saturated rings. The summed E-state index contributed by atoms with van der Waals surface area (Å²) < 4.78 is 30.5. The molecule has 1 aliphatic heterocycles. The van der Waals surface area contributed by atoms with Gasteiger partial charge in [0, 0.05) is 0 Å². The van der Waals surface area contributed by atoms with E-state index in [0.717, 1.165) is 23.5 Å². The number of hydrogen-bond acceptors (Lipinski definition) is 9. The number of anilines is 1. The maximum atomic E-state index is 14.0. The normalized spacial score (nSPS) is 14.8. The van der Waals surface area contributed by atoms with Gasteiger partial charge in [0.1, 0.15) is 16.3 Å². The smallest absolute Gasteiger partial charge is 0.350 e. The fraction of sp³-hybridized carbons (Fsp3) is 0.231.